The van der Waals surface area contributed by atoms with Crippen molar-refractivity contribution in [1.82, 2.24) is 0 Å². The smallest absolute Gasteiger partial charge is 0.415 e. The van der Waals surface area contributed by atoms with E-state index in [1.807, 2.05) is 6.07 Å². The van der Waals surface area contributed by atoms with Crippen LogP contribution >= 0.6 is 0 Å². The highest BCUT2D eigenvalue weighted by molar-refractivity contribution is 5.87. The Kier molecular flexibility index (Phi) is 7.87. The molecule has 0 saturated carbocycles. The number of carbonyl (C=O) groups is 1. The zero-order valence-corrected chi connectivity index (χ0v) is 21.0. The van der Waals surface area contributed by atoms with Crippen molar-refractivity contribution in [2.24, 2.45) is 5.92 Å². The fourth-order valence-electron chi connectivity index (χ4n) is 5.42. The number of halogens is 3. The zero-order chi connectivity index (χ0) is 23.5. The van der Waals surface area contributed by atoms with E-state index in [0.29, 0.717) is 11.6 Å². The average molecular weight is 543 g/mol. The maximum Gasteiger partial charge on any atom is 0.415 e. The molecule has 4 nitrogen and oxygen atoms in total. The van der Waals surface area contributed by atoms with E-state index in [1.165, 1.54) is 34.7 Å². The van der Waals surface area contributed by atoms with Crippen molar-refractivity contribution >= 4 is 11.8 Å². The van der Waals surface area contributed by atoms with Crippen molar-refractivity contribution in [1.29, 1.82) is 0 Å². The summed E-state index contributed by atoms with van der Waals surface area (Å²) in [6.45, 7) is 4.08. The lowest BCUT2D eigenvalue weighted by molar-refractivity contribution is -0.958. The number of nitrogens with zero attached hydrogens (tertiary/aromatic N) is 2. The molecule has 35 heavy (non-hydrogen) atoms. The van der Waals surface area contributed by atoms with Crippen LogP contribution in [0, 0.1) is 17.6 Å². The number of rotatable bonds is 6. The SMILES string of the molecule is O=C(O[C@H]1C[N+]2(Cc3ccccc3)CCC1CC2)N(Cc1ccc(F)cc1)c1cccc(F)c1.[Br-]. The number of carbonyl (C=O) groups excluding carboxylic acids is 1. The molecule has 0 radical (unpaired) electrons. The summed E-state index contributed by atoms with van der Waals surface area (Å²) in [6.07, 6.45) is 1.39. The minimum Gasteiger partial charge on any atom is -1.00 e. The summed E-state index contributed by atoms with van der Waals surface area (Å²) >= 11 is 0. The van der Waals surface area contributed by atoms with Gasteiger partial charge in [-0.3, -0.25) is 4.90 Å². The van der Waals surface area contributed by atoms with Crippen molar-refractivity contribution in [3.8, 4) is 0 Å². The van der Waals surface area contributed by atoms with Crippen molar-refractivity contribution < 1.29 is 39.8 Å². The van der Waals surface area contributed by atoms with E-state index in [2.05, 4.69) is 24.3 Å². The molecule has 3 fully saturated rings. The third-order valence-corrected chi connectivity index (χ3v) is 7.25. The number of fused-ring (bicyclic) bond motifs is 3. The second-order valence-corrected chi connectivity index (χ2v) is 9.57. The number of quaternary nitrogens is 1. The third kappa shape index (κ3) is 5.90. The third-order valence-electron chi connectivity index (χ3n) is 7.25. The van der Waals surface area contributed by atoms with Crippen LogP contribution in [0.4, 0.5) is 19.3 Å². The van der Waals surface area contributed by atoms with Crippen LogP contribution in [0.15, 0.2) is 78.9 Å². The summed E-state index contributed by atoms with van der Waals surface area (Å²) in [4.78, 5) is 14.9. The second kappa shape index (κ2) is 10.9. The van der Waals surface area contributed by atoms with Gasteiger partial charge in [-0.15, -0.1) is 0 Å². The van der Waals surface area contributed by atoms with Crippen LogP contribution < -0.4 is 21.9 Å². The maximum absolute atomic E-state index is 14.0. The van der Waals surface area contributed by atoms with E-state index in [4.69, 9.17) is 4.74 Å². The van der Waals surface area contributed by atoms with Crippen molar-refractivity contribution in [2.75, 3.05) is 24.5 Å². The Morgan fingerprint density at radius 3 is 2.29 bits per heavy atom. The number of hydrogen-bond acceptors (Lipinski definition) is 2. The quantitative estimate of drug-likeness (QED) is 0.448. The first-order chi connectivity index (χ1) is 16.5. The zero-order valence-electron chi connectivity index (χ0n) is 19.5. The van der Waals surface area contributed by atoms with Gasteiger partial charge >= 0.3 is 6.09 Å². The number of piperidine rings is 3. The molecule has 1 amide bonds. The van der Waals surface area contributed by atoms with Gasteiger partial charge in [0.1, 0.15) is 24.7 Å². The highest BCUT2D eigenvalue weighted by Gasteiger charge is 2.48. The molecule has 0 aromatic heterocycles. The Labute approximate surface area is 215 Å². The number of anilines is 1. The van der Waals surface area contributed by atoms with Crippen molar-refractivity contribution in [3.63, 3.8) is 0 Å². The molecular weight excluding hydrogens is 514 g/mol. The fraction of sp³-hybridized carbons (Fsp3) is 0.321. The lowest BCUT2D eigenvalue weighted by atomic mass is 9.83. The van der Waals surface area contributed by atoms with Gasteiger partial charge in [0.05, 0.1) is 25.3 Å². The molecule has 0 spiro atoms. The van der Waals surface area contributed by atoms with Crippen LogP contribution in [0.1, 0.15) is 24.0 Å². The normalized spacial score (nSPS) is 22.8. The summed E-state index contributed by atoms with van der Waals surface area (Å²) in [5.41, 5.74) is 2.46. The molecule has 2 bridgehead atoms. The molecule has 3 heterocycles. The van der Waals surface area contributed by atoms with E-state index < -0.39 is 11.9 Å². The highest BCUT2D eigenvalue weighted by Crippen LogP contribution is 2.37. The predicted octanol–water partition coefficient (Wildman–Crippen LogP) is 2.92. The van der Waals surface area contributed by atoms with Gasteiger partial charge in [0, 0.05) is 24.3 Å². The minimum absolute atomic E-state index is 0. The first-order valence-corrected chi connectivity index (χ1v) is 11.9. The molecule has 3 aromatic rings. The molecule has 7 heteroatoms. The Balaban J connectivity index is 0.00000289. The molecule has 3 aliphatic heterocycles. The number of amides is 1. The van der Waals surface area contributed by atoms with Crippen molar-refractivity contribution in [2.45, 2.75) is 32.0 Å². The molecule has 6 rings (SSSR count). The number of ether oxygens (including phenoxy) is 1. The molecule has 1 atom stereocenters. The number of hydrogen-bond donors (Lipinski definition) is 0. The van der Waals surface area contributed by atoms with Gasteiger partial charge in [0.15, 0.2) is 6.10 Å². The Morgan fingerprint density at radius 1 is 0.886 bits per heavy atom. The summed E-state index contributed by atoms with van der Waals surface area (Å²) in [6, 6.07) is 22.4. The maximum atomic E-state index is 14.0. The van der Waals surface area contributed by atoms with E-state index in [1.54, 1.807) is 24.3 Å². The average Bonchev–Trinajstić information content (AvgIpc) is 2.84. The summed E-state index contributed by atoms with van der Waals surface area (Å²) in [5.74, 6) is -0.423. The van der Waals surface area contributed by atoms with Gasteiger partial charge in [-0.25, -0.2) is 13.6 Å². The van der Waals surface area contributed by atoms with E-state index in [0.717, 1.165) is 49.1 Å². The van der Waals surface area contributed by atoms with Crippen molar-refractivity contribution in [3.05, 3.63) is 102 Å². The number of benzene rings is 3. The first kappa shape index (κ1) is 25.3. The first-order valence-electron chi connectivity index (χ1n) is 11.9. The molecule has 0 unspecified atom stereocenters. The second-order valence-electron chi connectivity index (χ2n) is 9.57. The van der Waals surface area contributed by atoms with Crippen LogP contribution in [0.2, 0.25) is 0 Å². The predicted molar refractivity (Wildman–Crippen MR) is 127 cm³/mol. The fourth-order valence-corrected chi connectivity index (χ4v) is 5.42. The molecule has 0 aliphatic carbocycles. The lowest BCUT2D eigenvalue weighted by Gasteiger charge is -2.52. The van der Waals surface area contributed by atoms with Gasteiger partial charge in [-0.2, -0.15) is 0 Å². The molecule has 3 aromatic carbocycles. The standard InChI is InChI=1S/C28H29F2N2O2.BrH/c29-24-11-9-21(10-12-24)18-31(26-8-4-7-25(30)17-26)28(33)34-27-20-32(15-13-23(27)14-16-32)19-22-5-2-1-3-6-22;/h1-12,17,23,27H,13-16,18-20H2;1H/q+1;/p-1/t23?,27-,32?;/m0./s1. The van der Waals surface area contributed by atoms with Gasteiger partial charge in [0.2, 0.25) is 0 Å². The summed E-state index contributed by atoms with van der Waals surface area (Å²) < 4.78 is 34.4. The van der Waals surface area contributed by atoms with Crippen LogP contribution in [0.25, 0.3) is 0 Å². The van der Waals surface area contributed by atoms with E-state index in [9.17, 15) is 13.6 Å². The minimum atomic E-state index is -0.494. The van der Waals surface area contributed by atoms with Crippen LogP contribution in [-0.4, -0.2) is 36.3 Å². The Bertz CT molecular complexity index is 1140. The van der Waals surface area contributed by atoms with Gasteiger partial charge < -0.3 is 26.2 Å². The highest BCUT2D eigenvalue weighted by atomic mass is 79.9. The molecular formula is C28H29BrF2N2O2. The Hall–Kier alpha value is -2.77. The largest absolute Gasteiger partial charge is 1.00 e. The van der Waals surface area contributed by atoms with E-state index >= 15 is 0 Å². The molecule has 3 aliphatic rings. The van der Waals surface area contributed by atoms with Crippen LogP contribution in [0.3, 0.4) is 0 Å². The topological polar surface area (TPSA) is 29.5 Å². The summed E-state index contributed by atoms with van der Waals surface area (Å²) in [5, 5.41) is 0. The monoisotopic (exact) mass is 542 g/mol. The van der Waals surface area contributed by atoms with Crippen LogP contribution in [0.5, 0.6) is 0 Å². The molecule has 3 saturated heterocycles. The molecule has 0 N–H and O–H groups in total. The lowest BCUT2D eigenvalue weighted by Crippen LogP contribution is -3.00. The van der Waals surface area contributed by atoms with Gasteiger partial charge in [-0.1, -0.05) is 48.5 Å². The van der Waals surface area contributed by atoms with Gasteiger partial charge in [-0.05, 0) is 35.9 Å². The summed E-state index contributed by atoms with van der Waals surface area (Å²) in [7, 11) is 0. The van der Waals surface area contributed by atoms with E-state index in [-0.39, 0.29) is 35.4 Å². The molecule has 184 valence electrons. The van der Waals surface area contributed by atoms with Crippen LogP contribution in [-0.2, 0) is 17.8 Å². The van der Waals surface area contributed by atoms with Gasteiger partial charge in [0.25, 0.3) is 0 Å². The Morgan fingerprint density at radius 2 is 1.60 bits per heavy atom.